The van der Waals surface area contributed by atoms with Crippen LogP contribution in [0.15, 0.2) is 46.9 Å². The highest BCUT2D eigenvalue weighted by Crippen LogP contribution is 2.31. The minimum Gasteiger partial charge on any atom is -0.496 e. The Hall–Kier alpha value is -3.55. The van der Waals surface area contributed by atoms with E-state index in [4.69, 9.17) is 18.6 Å². The average molecular weight is 355 g/mol. The summed E-state index contributed by atoms with van der Waals surface area (Å²) in [5.41, 5.74) is 0.854. The maximum atomic E-state index is 12.6. The molecule has 0 aliphatic rings. The fourth-order valence-corrected chi connectivity index (χ4v) is 2.44. The zero-order valence-corrected chi connectivity index (χ0v) is 14.5. The number of carbonyl (C=O) groups excluding carboxylic acids is 1. The maximum Gasteiger partial charge on any atom is 0.322 e. The quantitative estimate of drug-likeness (QED) is 0.726. The summed E-state index contributed by atoms with van der Waals surface area (Å²) < 4.78 is 21.3. The number of para-hydroxylation sites is 1. The van der Waals surface area contributed by atoms with Gasteiger partial charge in [-0.05, 0) is 24.3 Å². The minimum absolute atomic E-state index is 0.0520. The van der Waals surface area contributed by atoms with Gasteiger partial charge in [-0.1, -0.05) is 23.3 Å². The van der Waals surface area contributed by atoms with Gasteiger partial charge in [-0.15, -0.1) is 5.10 Å². The number of nitrogens with one attached hydrogen (secondary N) is 1. The van der Waals surface area contributed by atoms with Crippen molar-refractivity contribution in [3.05, 3.63) is 48.0 Å². The molecule has 0 spiro atoms. The van der Waals surface area contributed by atoms with Crippen molar-refractivity contribution in [2.75, 3.05) is 26.6 Å². The molecule has 1 heterocycles. The number of rotatable bonds is 6. The fourth-order valence-electron chi connectivity index (χ4n) is 2.44. The largest absolute Gasteiger partial charge is 0.496 e. The van der Waals surface area contributed by atoms with Gasteiger partial charge in [-0.25, -0.2) is 0 Å². The Balaban J connectivity index is 1.87. The normalized spacial score (nSPS) is 10.3. The molecule has 134 valence electrons. The van der Waals surface area contributed by atoms with Crippen molar-refractivity contribution < 1.29 is 23.4 Å². The number of amides is 1. The predicted molar refractivity (Wildman–Crippen MR) is 93.8 cm³/mol. The molecule has 1 amide bonds. The minimum atomic E-state index is -0.491. The van der Waals surface area contributed by atoms with Gasteiger partial charge in [0.05, 0.1) is 26.9 Å². The lowest BCUT2D eigenvalue weighted by molar-refractivity contribution is 0.101. The molecule has 0 bridgehead atoms. The first-order chi connectivity index (χ1) is 12.7. The summed E-state index contributed by atoms with van der Waals surface area (Å²) in [6, 6.07) is 12.2. The summed E-state index contributed by atoms with van der Waals surface area (Å²) in [5.74, 6) is 1.05. The lowest BCUT2D eigenvalue weighted by Crippen LogP contribution is -2.14. The van der Waals surface area contributed by atoms with Crippen LogP contribution < -0.4 is 19.5 Å². The van der Waals surface area contributed by atoms with Gasteiger partial charge >= 0.3 is 6.01 Å². The van der Waals surface area contributed by atoms with Crippen LogP contribution in [0.3, 0.4) is 0 Å². The fraction of sp³-hybridized carbons (Fsp3) is 0.167. The Morgan fingerprint density at radius 3 is 2.15 bits per heavy atom. The molecular formula is C18H17N3O5. The number of carbonyl (C=O) groups is 1. The lowest BCUT2D eigenvalue weighted by atomic mass is 10.1. The van der Waals surface area contributed by atoms with Crippen molar-refractivity contribution in [3.8, 4) is 28.7 Å². The molecule has 0 radical (unpaired) electrons. The van der Waals surface area contributed by atoms with E-state index in [9.17, 15) is 4.79 Å². The van der Waals surface area contributed by atoms with E-state index in [0.717, 1.165) is 0 Å². The molecule has 8 nitrogen and oxygen atoms in total. The summed E-state index contributed by atoms with van der Waals surface area (Å²) >= 11 is 0. The number of ether oxygens (including phenoxy) is 3. The van der Waals surface area contributed by atoms with Crippen LogP contribution in [0.25, 0.3) is 11.5 Å². The molecule has 1 N–H and O–H groups in total. The van der Waals surface area contributed by atoms with Gasteiger partial charge in [0.15, 0.2) is 0 Å². The lowest BCUT2D eigenvalue weighted by Gasteiger charge is -2.11. The van der Waals surface area contributed by atoms with E-state index in [1.807, 2.05) is 12.1 Å². The summed E-state index contributed by atoms with van der Waals surface area (Å²) in [6.07, 6.45) is 0. The van der Waals surface area contributed by atoms with Crippen LogP contribution in [0.5, 0.6) is 17.2 Å². The van der Waals surface area contributed by atoms with Crippen molar-refractivity contribution in [1.82, 2.24) is 10.2 Å². The smallest absolute Gasteiger partial charge is 0.322 e. The van der Waals surface area contributed by atoms with Crippen LogP contribution in [0.4, 0.5) is 6.01 Å². The van der Waals surface area contributed by atoms with Crippen LogP contribution >= 0.6 is 0 Å². The number of methoxy groups -OCH3 is 3. The number of nitrogens with zero attached hydrogens (tertiary/aromatic N) is 2. The molecule has 26 heavy (non-hydrogen) atoms. The molecule has 1 aromatic heterocycles. The van der Waals surface area contributed by atoms with Crippen molar-refractivity contribution in [2.45, 2.75) is 0 Å². The van der Waals surface area contributed by atoms with Gasteiger partial charge in [-0.2, -0.15) is 0 Å². The van der Waals surface area contributed by atoms with E-state index in [0.29, 0.717) is 22.8 Å². The first-order valence-corrected chi connectivity index (χ1v) is 7.67. The Labute approximate surface area is 149 Å². The maximum absolute atomic E-state index is 12.6. The van der Waals surface area contributed by atoms with Gasteiger partial charge < -0.3 is 18.6 Å². The summed E-state index contributed by atoms with van der Waals surface area (Å²) in [5, 5.41) is 10.4. The second-order valence-electron chi connectivity index (χ2n) is 5.10. The standard InChI is InChI=1S/C18H17N3O5/c1-23-12-8-5-4-7-11(12)17-20-21-18(26-17)19-16(22)15-13(24-2)9-6-10-14(15)25-3/h4-10H,1-3H3,(H,19,21,22). The molecule has 3 aromatic rings. The van der Waals surface area contributed by atoms with Crippen LogP contribution in [0, 0.1) is 0 Å². The highest BCUT2D eigenvalue weighted by molar-refractivity contribution is 6.07. The number of aromatic nitrogens is 2. The van der Waals surface area contributed by atoms with Crippen molar-refractivity contribution in [1.29, 1.82) is 0 Å². The van der Waals surface area contributed by atoms with E-state index >= 15 is 0 Å². The van der Waals surface area contributed by atoms with Crippen molar-refractivity contribution >= 4 is 11.9 Å². The molecular weight excluding hydrogens is 338 g/mol. The number of anilines is 1. The molecule has 8 heteroatoms. The molecule has 0 aliphatic carbocycles. The van der Waals surface area contributed by atoms with Crippen LogP contribution in [-0.2, 0) is 0 Å². The van der Waals surface area contributed by atoms with Crippen molar-refractivity contribution in [3.63, 3.8) is 0 Å². The van der Waals surface area contributed by atoms with Crippen LogP contribution in [-0.4, -0.2) is 37.4 Å². The Morgan fingerprint density at radius 2 is 1.50 bits per heavy atom. The van der Waals surface area contributed by atoms with Gasteiger partial charge in [0.25, 0.3) is 11.8 Å². The van der Waals surface area contributed by atoms with E-state index in [1.165, 1.54) is 14.2 Å². The molecule has 0 fully saturated rings. The number of hydrogen-bond acceptors (Lipinski definition) is 7. The van der Waals surface area contributed by atoms with E-state index < -0.39 is 5.91 Å². The summed E-state index contributed by atoms with van der Waals surface area (Å²) in [4.78, 5) is 12.6. The van der Waals surface area contributed by atoms with Gasteiger partial charge in [0, 0.05) is 0 Å². The SMILES string of the molecule is COc1ccccc1-c1nnc(NC(=O)c2c(OC)cccc2OC)o1. The number of hydrogen-bond donors (Lipinski definition) is 1. The van der Waals surface area contributed by atoms with Gasteiger partial charge in [-0.3, -0.25) is 10.1 Å². The zero-order valence-electron chi connectivity index (χ0n) is 14.5. The predicted octanol–water partition coefficient (Wildman–Crippen LogP) is 3.01. The van der Waals surface area contributed by atoms with Gasteiger partial charge in [0.2, 0.25) is 0 Å². The molecule has 0 unspecified atom stereocenters. The first kappa shape index (κ1) is 17.3. The van der Waals surface area contributed by atoms with Crippen molar-refractivity contribution in [2.24, 2.45) is 0 Å². The zero-order chi connectivity index (χ0) is 18.5. The molecule has 0 aliphatic heterocycles. The third-order valence-electron chi connectivity index (χ3n) is 3.64. The highest BCUT2D eigenvalue weighted by Gasteiger charge is 2.21. The molecule has 3 rings (SSSR count). The topological polar surface area (TPSA) is 95.7 Å². The Morgan fingerprint density at radius 1 is 0.885 bits per heavy atom. The highest BCUT2D eigenvalue weighted by atomic mass is 16.5. The third-order valence-corrected chi connectivity index (χ3v) is 3.64. The first-order valence-electron chi connectivity index (χ1n) is 7.67. The summed E-state index contributed by atoms with van der Waals surface area (Å²) in [7, 11) is 4.49. The third kappa shape index (κ3) is 3.30. The summed E-state index contributed by atoms with van der Waals surface area (Å²) in [6.45, 7) is 0. The Bertz CT molecular complexity index is 900. The molecule has 2 aromatic carbocycles. The van der Waals surface area contributed by atoms with E-state index in [2.05, 4.69) is 15.5 Å². The Kier molecular flexibility index (Phi) is 5.02. The van der Waals surface area contributed by atoms with Gasteiger partial charge in [0.1, 0.15) is 22.8 Å². The molecule has 0 saturated carbocycles. The van der Waals surface area contributed by atoms with Crippen LogP contribution in [0.2, 0.25) is 0 Å². The second-order valence-corrected chi connectivity index (χ2v) is 5.10. The van der Waals surface area contributed by atoms with E-state index in [-0.39, 0.29) is 17.5 Å². The second kappa shape index (κ2) is 7.56. The average Bonchev–Trinajstić information content (AvgIpc) is 3.15. The molecule has 0 atom stereocenters. The monoisotopic (exact) mass is 355 g/mol. The van der Waals surface area contributed by atoms with E-state index in [1.54, 1.807) is 37.4 Å². The van der Waals surface area contributed by atoms with Crippen LogP contribution in [0.1, 0.15) is 10.4 Å². The number of benzene rings is 2. The molecule has 0 saturated heterocycles.